The van der Waals surface area contributed by atoms with Crippen molar-refractivity contribution in [3.05, 3.63) is 29.3 Å². The van der Waals surface area contributed by atoms with E-state index in [1.54, 1.807) is 7.11 Å². The topological polar surface area (TPSA) is 21.3 Å². The van der Waals surface area contributed by atoms with Crippen LogP contribution in [0.1, 0.15) is 30.9 Å². The lowest BCUT2D eigenvalue weighted by Crippen LogP contribution is -2.36. The minimum Gasteiger partial charge on any atom is -0.496 e. The Morgan fingerprint density at radius 1 is 1.41 bits per heavy atom. The normalized spacial score (nSPS) is 24.6. The van der Waals surface area contributed by atoms with Crippen LogP contribution in [0, 0.1) is 12.8 Å². The zero-order valence-corrected chi connectivity index (χ0v) is 11.1. The monoisotopic (exact) mass is 233 g/mol. The summed E-state index contributed by atoms with van der Waals surface area (Å²) in [6.07, 6.45) is 3.70. The molecule has 1 heterocycles. The molecule has 0 aromatic heterocycles. The fourth-order valence-corrected chi connectivity index (χ4v) is 2.80. The van der Waals surface area contributed by atoms with Gasteiger partial charge in [0.25, 0.3) is 0 Å². The van der Waals surface area contributed by atoms with Gasteiger partial charge in [-0.2, -0.15) is 0 Å². The zero-order chi connectivity index (χ0) is 12.3. The minimum absolute atomic E-state index is 0.657. The average Bonchev–Trinajstić information content (AvgIpc) is 2.29. The second-order valence-corrected chi connectivity index (χ2v) is 5.26. The fraction of sp³-hybridized carbons (Fsp3) is 0.600. The molecule has 1 N–H and O–H groups in total. The van der Waals surface area contributed by atoms with Gasteiger partial charge >= 0.3 is 0 Å². The highest BCUT2D eigenvalue weighted by Crippen LogP contribution is 2.27. The standard InChI is InChI=1S/C15H23NO/c1-11-4-5-15(17-3)14(8-11)10-13-6-7-16-12(2)9-13/h4-5,8,12-13,16H,6-7,9-10H2,1-3H3. The smallest absolute Gasteiger partial charge is 0.122 e. The van der Waals surface area contributed by atoms with Crippen molar-refractivity contribution in [2.75, 3.05) is 13.7 Å². The van der Waals surface area contributed by atoms with Gasteiger partial charge in [0.05, 0.1) is 7.11 Å². The number of aryl methyl sites for hydroxylation is 1. The molecule has 0 aliphatic carbocycles. The van der Waals surface area contributed by atoms with Crippen molar-refractivity contribution < 1.29 is 4.74 Å². The maximum absolute atomic E-state index is 5.45. The van der Waals surface area contributed by atoms with Gasteiger partial charge in [0, 0.05) is 6.04 Å². The van der Waals surface area contributed by atoms with Crippen LogP contribution in [0.2, 0.25) is 0 Å². The molecule has 1 fully saturated rings. The van der Waals surface area contributed by atoms with Crippen molar-refractivity contribution in [1.29, 1.82) is 0 Å². The molecule has 0 spiro atoms. The molecule has 1 aliphatic rings. The first kappa shape index (κ1) is 12.4. The number of hydrogen-bond donors (Lipinski definition) is 1. The summed E-state index contributed by atoms with van der Waals surface area (Å²) >= 11 is 0. The molecule has 1 aromatic rings. The lowest BCUT2D eigenvalue weighted by atomic mass is 9.87. The summed E-state index contributed by atoms with van der Waals surface area (Å²) in [5.41, 5.74) is 2.69. The van der Waals surface area contributed by atoms with Crippen molar-refractivity contribution in [3.63, 3.8) is 0 Å². The largest absolute Gasteiger partial charge is 0.496 e. The molecule has 1 saturated heterocycles. The second-order valence-electron chi connectivity index (χ2n) is 5.26. The van der Waals surface area contributed by atoms with E-state index in [0.717, 1.165) is 24.6 Å². The molecule has 17 heavy (non-hydrogen) atoms. The summed E-state index contributed by atoms with van der Waals surface area (Å²) in [7, 11) is 1.76. The zero-order valence-electron chi connectivity index (χ0n) is 11.1. The third-order valence-corrected chi connectivity index (χ3v) is 3.68. The van der Waals surface area contributed by atoms with E-state index in [-0.39, 0.29) is 0 Å². The number of methoxy groups -OCH3 is 1. The van der Waals surface area contributed by atoms with Crippen LogP contribution in [0.15, 0.2) is 18.2 Å². The Kier molecular flexibility index (Phi) is 4.06. The summed E-state index contributed by atoms with van der Waals surface area (Å²) in [4.78, 5) is 0. The Hall–Kier alpha value is -1.02. The summed E-state index contributed by atoms with van der Waals surface area (Å²) in [6.45, 7) is 5.58. The predicted octanol–water partition coefficient (Wildman–Crippen LogP) is 2.93. The molecule has 1 aliphatic heterocycles. The van der Waals surface area contributed by atoms with Crippen LogP contribution >= 0.6 is 0 Å². The van der Waals surface area contributed by atoms with Crippen LogP contribution in [0.25, 0.3) is 0 Å². The molecule has 1 aromatic carbocycles. The van der Waals surface area contributed by atoms with Crippen LogP contribution in [-0.2, 0) is 6.42 Å². The van der Waals surface area contributed by atoms with E-state index in [1.165, 1.54) is 24.0 Å². The van der Waals surface area contributed by atoms with E-state index in [9.17, 15) is 0 Å². The Morgan fingerprint density at radius 2 is 2.24 bits per heavy atom. The third kappa shape index (κ3) is 3.22. The maximum Gasteiger partial charge on any atom is 0.122 e. The van der Waals surface area contributed by atoms with Gasteiger partial charge in [0.15, 0.2) is 0 Å². The number of piperidine rings is 1. The van der Waals surface area contributed by atoms with E-state index in [0.29, 0.717) is 6.04 Å². The quantitative estimate of drug-likeness (QED) is 0.866. The van der Waals surface area contributed by atoms with Gasteiger partial charge < -0.3 is 10.1 Å². The third-order valence-electron chi connectivity index (χ3n) is 3.68. The summed E-state index contributed by atoms with van der Waals surface area (Å²) in [5, 5.41) is 3.51. The number of rotatable bonds is 3. The van der Waals surface area contributed by atoms with Crippen LogP contribution in [-0.4, -0.2) is 19.7 Å². The van der Waals surface area contributed by atoms with Gasteiger partial charge in [-0.05, 0) is 57.2 Å². The number of hydrogen-bond acceptors (Lipinski definition) is 2. The van der Waals surface area contributed by atoms with Gasteiger partial charge in [-0.3, -0.25) is 0 Å². The molecule has 2 unspecified atom stereocenters. The summed E-state index contributed by atoms with van der Waals surface area (Å²) < 4.78 is 5.45. The highest BCUT2D eigenvalue weighted by atomic mass is 16.5. The Labute approximate surface area is 104 Å². The van der Waals surface area contributed by atoms with Gasteiger partial charge in [0.1, 0.15) is 5.75 Å². The lowest BCUT2D eigenvalue weighted by Gasteiger charge is -2.28. The van der Waals surface area contributed by atoms with Gasteiger partial charge in [-0.25, -0.2) is 0 Å². The van der Waals surface area contributed by atoms with Crippen molar-refractivity contribution in [3.8, 4) is 5.75 Å². The lowest BCUT2D eigenvalue weighted by molar-refractivity contribution is 0.310. The average molecular weight is 233 g/mol. The van der Waals surface area contributed by atoms with E-state index >= 15 is 0 Å². The molecular formula is C15H23NO. The number of ether oxygens (including phenoxy) is 1. The molecule has 94 valence electrons. The highest BCUT2D eigenvalue weighted by Gasteiger charge is 2.19. The Bertz CT molecular complexity index is 375. The molecular weight excluding hydrogens is 210 g/mol. The first-order valence-corrected chi connectivity index (χ1v) is 6.56. The van der Waals surface area contributed by atoms with E-state index < -0.39 is 0 Å². The molecule has 0 bridgehead atoms. The number of benzene rings is 1. The van der Waals surface area contributed by atoms with E-state index in [1.807, 2.05) is 0 Å². The van der Waals surface area contributed by atoms with Gasteiger partial charge in [-0.15, -0.1) is 0 Å². The van der Waals surface area contributed by atoms with Gasteiger partial charge in [-0.1, -0.05) is 17.7 Å². The maximum atomic E-state index is 5.45. The SMILES string of the molecule is COc1ccc(C)cc1CC1CCNC(C)C1. The Balaban J connectivity index is 2.08. The molecule has 2 heteroatoms. The van der Waals surface area contributed by atoms with Crippen molar-refractivity contribution in [2.24, 2.45) is 5.92 Å². The molecule has 0 saturated carbocycles. The van der Waals surface area contributed by atoms with Crippen LogP contribution in [0.3, 0.4) is 0 Å². The van der Waals surface area contributed by atoms with Crippen molar-refractivity contribution >= 4 is 0 Å². The van der Waals surface area contributed by atoms with Crippen molar-refractivity contribution in [2.45, 2.75) is 39.2 Å². The fourth-order valence-electron chi connectivity index (χ4n) is 2.80. The molecule has 2 rings (SSSR count). The summed E-state index contributed by atoms with van der Waals surface area (Å²) in [5.74, 6) is 1.84. The highest BCUT2D eigenvalue weighted by molar-refractivity contribution is 5.37. The van der Waals surface area contributed by atoms with Gasteiger partial charge in [0.2, 0.25) is 0 Å². The number of nitrogens with one attached hydrogen (secondary N) is 1. The summed E-state index contributed by atoms with van der Waals surface area (Å²) in [6, 6.07) is 7.14. The molecule has 0 radical (unpaired) electrons. The van der Waals surface area contributed by atoms with E-state index in [4.69, 9.17) is 4.74 Å². The molecule has 2 atom stereocenters. The Morgan fingerprint density at radius 3 is 2.94 bits per heavy atom. The predicted molar refractivity (Wildman–Crippen MR) is 71.6 cm³/mol. The first-order chi connectivity index (χ1) is 8.19. The van der Waals surface area contributed by atoms with Crippen LogP contribution in [0.5, 0.6) is 5.75 Å². The first-order valence-electron chi connectivity index (χ1n) is 6.56. The van der Waals surface area contributed by atoms with Crippen LogP contribution < -0.4 is 10.1 Å². The second kappa shape index (κ2) is 5.54. The van der Waals surface area contributed by atoms with Crippen LogP contribution in [0.4, 0.5) is 0 Å². The van der Waals surface area contributed by atoms with Crippen molar-refractivity contribution in [1.82, 2.24) is 5.32 Å². The minimum atomic E-state index is 0.657. The molecule has 2 nitrogen and oxygen atoms in total. The molecule has 0 amide bonds. The van der Waals surface area contributed by atoms with E-state index in [2.05, 4.69) is 37.4 Å².